The Morgan fingerprint density at radius 1 is 1.62 bits per heavy atom. The summed E-state index contributed by atoms with van der Waals surface area (Å²) in [5, 5.41) is 12.3. The standard InChI is InChI=1S/C12H16N2O2/c15-11(16)7-9-3-2-6-14-12(9)10-4-1-5-13-8-10/h1,4-5,8-9,12,14H,2-3,6-7H2,(H,15,16)/t9-,12+/m1/s1. The molecule has 1 aromatic heterocycles. The molecule has 4 nitrogen and oxygen atoms in total. The zero-order valence-corrected chi connectivity index (χ0v) is 9.10. The van der Waals surface area contributed by atoms with Crippen molar-refractivity contribution in [3.8, 4) is 0 Å². The Hall–Kier alpha value is -1.42. The molecule has 16 heavy (non-hydrogen) atoms. The average Bonchev–Trinajstić information content (AvgIpc) is 2.30. The molecule has 1 aromatic rings. The lowest BCUT2D eigenvalue weighted by atomic mass is 9.84. The van der Waals surface area contributed by atoms with Crippen LogP contribution in [-0.2, 0) is 4.79 Å². The number of carboxylic acids is 1. The van der Waals surface area contributed by atoms with Gasteiger partial charge in [0.2, 0.25) is 0 Å². The highest BCUT2D eigenvalue weighted by molar-refractivity contribution is 5.67. The fraction of sp³-hybridized carbons (Fsp3) is 0.500. The van der Waals surface area contributed by atoms with Gasteiger partial charge in [0.1, 0.15) is 0 Å². The minimum Gasteiger partial charge on any atom is -0.481 e. The number of aliphatic carboxylic acids is 1. The molecule has 0 unspecified atom stereocenters. The number of pyridine rings is 1. The van der Waals surface area contributed by atoms with Crippen LogP contribution in [0.25, 0.3) is 0 Å². The van der Waals surface area contributed by atoms with Gasteiger partial charge in [-0.2, -0.15) is 0 Å². The molecule has 0 bridgehead atoms. The van der Waals surface area contributed by atoms with Crippen LogP contribution >= 0.6 is 0 Å². The van der Waals surface area contributed by atoms with Gasteiger partial charge < -0.3 is 10.4 Å². The summed E-state index contributed by atoms with van der Waals surface area (Å²) in [5.41, 5.74) is 1.09. The largest absolute Gasteiger partial charge is 0.481 e. The second-order valence-corrected chi connectivity index (χ2v) is 4.22. The van der Waals surface area contributed by atoms with Crippen LogP contribution in [0.15, 0.2) is 24.5 Å². The van der Waals surface area contributed by atoms with Crippen LogP contribution in [0, 0.1) is 5.92 Å². The van der Waals surface area contributed by atoms with Crippen molar-refractivity contribution in [3.05, 3.63) is 30.1 Å². The molecular weight excluding hydrogens is 204 g/mol. The van der Waals surface area contributed by atoms with Crippen molar-refractivity contribution in [3.63, 3.8) is 0 Å². The Bertz CT molecular complexity index is 353. The van der Waals surface area contributed by atoms with Crippen LogP contribution < -0.4 is 5.32 Å². The summed E-state index contributed by atoms with van der Waals surface area (Å²) < 4.78 is 0. The van der Waals surface area contributed by atoms with E-state index in [9.17, 15) is 4.79 Å². The van der Waals surface area contributed by atoms with E-state index in [4.69, 9.17) is 5.11 Å². The van der Waals surface area contributed by atoms with E-state index in [1.165, 1.54) is 0 Å². The number of piperidine rings is 1. The number of nitrogens with one attached hydrogen (secondary N) is 1. The predicted octanol–water partition coefficient (Wildman–Crippen LogP) is 1.60. The Balaban J connectivity index is 2.13. The zero-order valence-electron chi connectivity index (χ0n) is 9.10. The average molecular weight is 220 g/mol. The minimum absolute atomic E-state index is 0.138. The highest BCUT2D eigenvalue weighted by Gasteiger charge is 2.27. The lowest BCUT2D eigenvalue weighted by Gasteiger charge is -2.31. The Kier molecular flexibility index (Phi) is 3.51. The molecule has 0 saturated carbocycles. The van der Waals surface area contributed by atoms with E-state index >= 15 is 0 Å². The van der Waals surface area contributed by atoms with Crippen LogP contribution in [0.4, 0.5) is 0 Å². The van der Waals surface area contributed by atoms with Gasteiger partial charge in [-0.15, -0.1) is 0 Å². The topological polar surface area (TPSA) is 62.2 Å². The highest BCUT2D eigenvalue weighted by atomic mass is 16.4. The molecule has 2 heterocycles. The Labute approximate surface area is 94.7 Å². The third kappa shape index (κ3) is 2.58. The van der Waals surface area contributed by atoms with Crippen molar-refractivity contribution in [1.82, 2.24) is 10.3 Å². The van der Waals surface area contributed by atoms with E-state index in [1.54, 1.807) is 6.20 Å². The van der Waals surface area contributed by atoms with Gasteiger partial charge in [0, 0.05) is 24.9 Å². The van der Waals surface area contributed by atoms with Crippen molar-refractivity contribution >= 4 is 5.97 Å². The number of hydrogen-bond acceptors (Lipinski definition) is 3. The molecule has 1 aliphatic heterocycles. The summed E-state index contributed by atoms with van der Waals surface area (Å²) in [5.74, 6) is -0.543. The van der Waals surface area contributed by atoms with E-state index in [0.29, 0.717) is 0 Å². The molecule has 0 spiro atoms. The molecule has 2 atom stereocenters. The Morgan fingerprint density at radius 3 is 3.19 bits per heavy atom. The molecule has 4 heteroatoms. The third-order valence-corrected chi connectivity index (χ3v) is 3.07. The van der Waals surface area contributed by atoms with Crippen LogP contribution in [0.5, 0.6) is 0 Å². The van der Waals surface area contributed by atoms with Crippen molar-refractivity contribution < 1.29 is 9.90 Å². The quantitative estimate of drug-likeness (QED) is 0.812. The molecule has 1 fully saturated rings. The smallest absolute Gasteiger partial charge is 0.303 e. The summed E-state index contributed by atoms with van der Waals surface area (Å²) >= 11 is 0. The molecule has 0 radical (unpaired) electrons. The second kappa shape index (κ2) is 5.07. The minimum atomic E-state index is -0.720. The number of aromatic nitrogens is 1. The lowest BCUT2D eigenvalue weighted by Crippen LogP contribution is -2.35. The van der Waals surface area contributed by atoms with E-state index < -0.39 is 5.97 Å². The molecule has 1 aliphatic rings. The predicted molar refractivity (Wildman–Crippen MR) is 60.0 cm³/mol. The first kappa shape index (κ1) is 11.1. The van der Waals surface area contributed by atoms with E-state index in [1.807, 2.05) is 18.3 Å². The number of rotatable bonds is 3. The van der Waals surface area contributed by atoms with Crippen LogP contribution in [0.3, 0.4) is 0 Å². The van der Waals surface area contributed by atoms with Gasteiger partial charge >= 0.3 is 5.97 Å². The maximum atomic E-state index is 10.8. The van der Waals surface area contributed by atoms with Gasteiger partial charge in [-0.3, -0.25) is 9.78 Å². The number of carboxylic acid groups (broad SMARTS) is 1. The van der Waals surface area contributed by atoms with Crippen molar-refractivity contribution in [1.29, 1.82) is 0 Å². The molecule has 2 N–H and O–H groups in total. The first-order valence-electron chi connectivity index (χ1n) is 5.62. The number of carbonyl (C=O) groups is 1. The summed E-state index contributed by atoms with van der Waals surface area (Å²) in [6.45, 7) is 0.954. The maximum absolute atomic E-state index is 10.8. The normalized spacial score (nSPS) is 25.2. The summed E-state index contributed by atoms with van der Waals surface area (Å²) in [6, 6.07) is 4.03. The maximum Gasteiger partial charge on any atom is 0.303 e. The van der Waals surface area contributed by atoms with Crippen LogP contribution in [0.1, 0.15) is 30.9 Å². The molecule has 86 valence electrons. The first-order chi connectivity index (χ1) is 7.77. The third-order valence-electron chi connectivity index (χ3n) is 3.07. The fourth-order valence-electron chi connectivity index (χ4n) is 2.35. The second-order valence-electron chi connectivity index (χ2n) is 4.22. The number of hydrogen-bond donors (Lipinski definition) is 2. The van der Waals surface area contributed by atoms with E-state index in [0.717, 1.165) is 24.9 Å². The molecule has 0 amide bonds. The molecular formula is C12H16N2O2. The highest BCUT2D eigenvalue weighted by Crippen LogP contribution is 2.31. The van der Waals surface area contributed by atoms with Gasteiger partial charge in [0.15, 0.2) is 0 Å². The zero-order chi connectivity index (χ0) is 11.4. The van der Waals surface area contributed by atoms with Gasteiger partial charge in [-0.05, 0) is 36.9 Å². The lowest BCUT2D eigenvalue weighted by molar-refractivity contribution is -0.138. The Morgan fingerprint density at radius 2 is 2.50 bits per heavy atom. The molecule has 2 rings (SSSR count). The van der Waals surface area contributed by atoms with Crippen molar-refractivity contribution in [2.45, 2.75) is 25.3 Å². The van der Waals surface area contributed by atoms with Crippen LogP contribution in [0.2, 0.25) is 0 Å². The monoisotopic (exact) mass is 220 g/mol. The van der Waals surface area contributed by atoms with Crippen molar-refractivity contribution in [2.24, 2.45) is 5.92 Å². The summed E-state index contributed by atoms with van der Waals surface area (Å²) in [6.07, 6.45) is 5.80. The van der Waals surface area contributed by atoms with Gasteiger partial charge in [-0.25, -0.2) is 0 Å². The summed E-state index contributed by atoms with van der Waals surface area (Å²) in [7, 11) is 0. The fourth-order valence-corrected chi connectivity index (χ4v) is 2.35. The van der Waals surface area contributed by atoms with Crippen LogP contribution in [-0.4, -0.2) is 22.6 Å². The van der Waals surface area contributed by atoms with Gasteiger partial charge in [-0.1, -0.05) is 6.07 Å². The van der Waals surface area contributed by atoms with E-state index in [-0.39, 0.29) is 18.4 Å². The van der Waals surface area contributed by atoms with Gasteiger partial charge in [0.25, 0.3) is 0 Å². The first-order valence-corrected chi connectivity index (χ1v) is 5.62. The SMILES string of the molecule is O=C(O)C[C@H]1CCCN[C@@H]1c1cccnc1. The van der Waals surface area contributed by atoms with Gasteiger partial charge in [0.05, 0.1) is 0 Å². The van der Waals surface area contributed by atoms with E-state index in [2.05, 4.69) is 10.3 Å². The molecule has 0 aliphatic carbocycles. The van der Waals surface area contributed by atoms with Crippen molar-refractivity contribution in [2.75, 3.05) is 6.54 Å². The summed E-state index contributed by atoms with van der Waals surface area (Å²) in [4.78, 5) is 14.9. The number of nitrogens with zero attached hydrogens (tertiary/aromatic N) is 1. The molecule has 0 aromatic carbocycles. The molecule has 1 saturated heterocycles.